The standard InChI is InChI=1S/C15H22N4O2/c1-10-11(2)21-15(13(10)7-16)18-14(20)9-19(3)12-5-4-6-17-8-12/h12,17H,4-6,8-9H2,1-3H3,(H,18,20). The number of rotatable bonds is 4. The zero-order chi connectivity index (χ0) is 15.4. The van der Waals surface area contributed by atoms with Crippen molar-refractivity contribution in [3.8, 4) is 6.07 Å². The lowest BCUT2D eigenvalue weighted by molar-refractivity contribution is -0.117. The SMILES string of the molecule is Cc1oc(NC(=O)CN(C)C2CCCNC2)c(C#N)c1C. The van der Waals surface area contributed by atoms with Crippen LogP contribution in [-0.2, 0) is 4.79 Å². The van der Waals surface area contributed by atoms with Crippen molar-refractivity contribution in [3.05, 3.63) is 16.9 Å². The average molecular weight is 290 g/mol. The van der Waals surface area contributed by atoms with Crippen molar-refractivity contribution in [1.82, 2.24) is 10.2 Å². The van der Waals surface area contributed by atoms with Crippen molar-refractivity contribution in [2.24, 2.45) is 0 Å². The van der Waals surface area contributed by atoms with E-state index in [2.05, 4.69) is 16.7 Å². The lowest BCUT2D eigenvalue weighted by atomic mass is 10.1. The lowest BCUT2D eigenvalue weighted by Crippen LogP contribution is -2.46. The third kappa shape index (κ3) is 3.63. The summed E-state index contributed by atoms with van der Waals surface area (Å²) < 4.78 is 5.45. The second-order valence-electron chi connectivity index (χ2n) is 5.56. The van der Waals surface area contributed by atoms with Gasteiger partial charge in [0.25, 0.3) is 0 Å². The summed E-state index contributed by atoms with van der Waals surface area (Å²) in [6, 6.07) is 2.45. The number of hydrogen-bond donors (Lipinski definition) is 2. The van der Waals surface area contributed by atoms with Crippen LogP contribution in [0.4, 0.5) is 5.88 Å². The highest BCUT2D eigenvalue weighted by molar-refractivity contribution is 5.92. The van der Waals surface area contributed by atoms with Gasteiger partial charge in [0.15, 0.2) is 0 Å². The fraction of sp³-hybridized carbons (Fsp3) is 0.600. The van der Waals surface area contributed by atoms with Gasteiger partial charge in [0.05, 0.1) is 6.54 Å². The second kappa shape index (κ2) is 6.74. The number of carbonyl (C=O) groups excluding carboxylic acids is 1. The van der Waals surface area contributed by atoms with Gasteiger partial charge in [-0.25, -0.2) is 0 Å². The molecule has 1 aromatic rings. The van der Waals surface area contributed by atoms with Crippen molar-refractivity contribution in [1.29, 1.82) is 5.26 Å². The molecule has 0 spiro atoms. The third-order valence-electron chi connectivity index (χ3n) is 4.04. The Bertz CT molecular complexity index is 553. The van der Waals surface area contributed by atoms with Crippen LogP contribution in [0, 0.1) is 25.2 Å². The third-order valence-corrected chi connectivity index (χ3v) is 4.04. The Morgan fingerprint density at radius 1 is 1.57 bits per heavy atom. The number of nitriles is 1. The number of hydrogen-bond acceptors (Lipinski definition) is 5. The molecule has 1 aliphatic rings. The van der Waals surface area contributed by atoms with Crippen LogP contribution in [0.1, 0.15) is 29.7 Å². The van der Waals surface area contributed by atoms with Gasteiger partial charge in [0.2, 0.25) is 11.8 Å². The van der Waals surface area contributed by atoms with E-state index in [1.54, 1.807) is 6.92 Å². The maximum Gasteiger partial charge on any atom is 0.240 e. The summed E-state index contributed by atoms with van der Waals surface area (Å²) in [6.45, 7) is 5.84. The fourth-order valence-corrected chi connectivity index (χ4v) is 2.58. The van der Waals surface area contributed by atoms with Gasteiger partial charge >= 0.3 is 0 Å². The quantitative estimate of drug-likeness (QED) is 0.876. The summed E-state index contributed by atoms with van der Waals surface area (Å²) in [4.78, 5) is 14.1. The molecule has 2 rings (SSSR count). The van der Waals surface area contributed by atoms with Crippen molar-refractivity contribution in [2.45, 2.75) is 32.7 Å². The normalized spacial score (nSPS) is 18.5. The Hall–Kier alpha value is -1.84. The maximum absolute atomic E-state index is 12.1. The summed E-state index contributed by atoms with van der Waals surface area (Å²) >= 11 is 0. The van der Waals surface area contributed by atoms with Gasteiger partial charge in [-0.3, -0.25) is 15.0 Å². The number of aryl methyl sites for hydroxylation is 1. The Balaban J connectivity index is 1.95. The van der Waals surface area contributed by atoms with Crippen molar-refractivity contribution >= 4 is 11.8 Å². The van der Waals surface area contributed by atoms with Gasteiger partial charge in [0, 0.05) is 18.2 Å². The molecule has 1 saturated heterocycles. The zero-order valence-electron chi connectivity index (χ0n) is 12.8. The van der Waals surface area contributed by atoms with Crippen LogP contribution in [0.2, 0.25) is 0 Å². The molecule has 0 radical (unpaired) electrons. The zero-order valence-corrected chi connectivity index (χ0v) is 12.8. The highest BCUT2D eigenvalue weighted by Crippen LogP contribution is 2.25. The van der Waals surface area contributed by atoms with Crippen LogP contribution in [0.3, 0.4) is 0 Å². The van der Waals surface area contributed by atoms with Crippen LogP contribution in [0.5, 0.6) is 0 Å². The van der Waals surface area contributed by atoms with E-state index in [0.29, 0.717) is 17.4 Å². The topological polar surface area (TPSA) is 81.3 Å². The largest absolute Gasteiger partial charge is 0.444 e. The monoisotopic (exact) mass is 290 g/mol. The second-order valence-corrected chi connectivity index (χ2v) is 5.56. The number of nitrogens with one attached hydrogen (secondary N) is 2. The molecule has 0 aromatic carbocycles. The average Bonchev–Trinajstić information content (AvgIpc) is 2.73. The Morgan fingerprint density at radius 2 is 2.33 bits per heavy atom. The molecule has 0 aliphatic carbocycles. The van der Waals surface area contributed by atoms with Crippen LogP contribution in [0.15, 0.2) is 4.42 Å². The van der Waals surface area contributed by atoms with Gasteiger partial charge in [-0.05, 0) is 40.3 Å². The van der Waals surface area contributed by atoms with E-state index in [9.17, 15) is 4.79 Å². The van der Waals surface area contributed by atoms with E-state index >= 15 is 0 Å². The summed E-state index contributed by atoms with van der Waals surface area (Å²) in [5.74, 6) is 0.757. The molecule has 1 unspecified atom stereocenters. The Labute approximate surface area is 125 Å². The summed E-state index contributed by atoms with van der Waals surface area (Å²) in [5, 5.41) is 15.2. The molecule has 1 aliphatic heterocycles. The van der Waals surface area contributed by atoms with E-state index in [4.69, 9.17) is 9.68 Å². The molecule has 1 fully saturated rings. The predicted octanol–water partition coefficient (Wildman–Crippen LogP) is 1.39. The number of nitrogens with zero attached hydrogens (tertiary/aromatic N) is 2. The molecule has 0 saturated carbocycles. The smallest absolute Gasteiger partial charge is 0.240 e. The van der Waals surface area contributed by atoms with Crippen molar-refractivity contribution in [2.75, 3.05) is 32.0 Å². The molecule has 2 N–H and O–H groups in total. The highest BCUT2D eigenvalue weighted by Gasteiger charge is 2.21. The van der Waals surface area contributed by atoms with Gasteiger partial charge in [-0.2, -0.15) is 5.26 Å². The van der Waals surface area contributed by atoms with Crippen LogP contribution < -0.4 is 10.6 Å². The number of likely N-dealkylation sites (N-methyl/N-ethyl adjacent to an activating group) is 1. The first-order valence-corrected chi connectivity index (χ1v) is 7.23. The van der Waals surface area contributed by atoms with E-state index < -0.39 is 0 Å². The summed E-state index contributed by atoms with van der Waals surface area (Å²) in [7, 11) is 1.95. The molecule has 1 amide bonds. The maximum atomic E-state index is 12.1. The fourth-order valence-electron chi connectivity index (χ4n) is 2.58. The molecule has 6 nitrogen and oxygen atoms in total. The van der Waals surface area contributed by atoms with Gasteiger partial charge in [-0.15, -0.1) is 0 Å². The number of anilines is 1. The molecular formula is C15H22N4O2. The molecule has 0 bridgehead atoms. The predicted molar refractivity (Wildman–Crippen MR) is 80.0 cm³/mol. The minimum Gasteiger partial charge on any atom is -0.444 e. The molecule has 114 valence electrons. The number of piperidine rings is 1. The first kappa shape index (κ1) is 15.5. The molecule has 6 heteroatoms. The van der Waals surface area contributed by atoms with E-state index in [1.165, 1.54) is 0 Å². The minimum atomic E-state index is -0.159. The van der Waals surface area contributed by atoms with Crippen molar-refractivity contribution in [3.63, 3.8) is 0 Å². The first-order valence-electron chi connectivity index (χ1n) is 7.23. The van der Waals surface area contributed by atoms with Crippen LogP contribution >= 0.6 is 0 Å². The molecule has 21 heavy (non-hydrogen) atoms. The van der Waals surface area contributed by atoms with E-state index in [0.717, 1.165) is 31.5 Å². The molecule has 1 aromatic heterocycles. The minimum absolute atomic E-state index is 0.159. The highest BCUT2D eigenvalue weighted by atomic mass is 16.4. The van der Waals surface area contributed by atoms with Crippen molar-refractivity contribution < 1.29 is 9.21 Å². The summed E-state index contributed by atoms with van der Waals surface area (Å²) in [5.41, 5.74) is 1.18. The van der Waals surface area contributed by atoms with Crippen LogP contribution in [0.25, 0.3) is 0 Å². The Morgan fingerprint density at radius 3 is 2.95 bits per heavy atom. The van der Waals surface area contributed by atoms with Gasteiger partial charge in [-0.1, -0.05) is 0 Å². The molecule has 2 heterocycles. The number of furan rings is 1. The lowest BCUT2D eigenvalue weighted by Gasteiger charge is -2.31. The molecule has 1 atom stereocenters. The van der Waals surface area contributed by atoms with E-state index in [1.807, 2.05) is 18.9 Å². The number of amides is 1. The Kier molecular flexibility index (Phi) is 4.99. The molecular weight excluding hydrogens is 268 g/mol. The van der Waals surface area contributed by atoms with E-state index in [-0.39, 0.29) is 18.3 Å². The number of carbonyl (C=O) groups is 1. The first-order chi connectivity index (χ1) is 10.0. The van der Waals surface area contributed by atoms with Gasteiger partial charge < -0.3 is 9.73 Å². The van der Waals surface area contributed by atoms with Gasteiger partial charge in [0.1, 0.15) is 17.4 Å². The summed E-state index contributed by atoms with van der Waals surface area (Å²) in [6.07, 6.45) is 2.23. The van der Waals surface area contributed by atoms with Crippen LogP contribution in [-0.4, -0.2) is 43.5 Å².